The van der Waals surface area contributed by atoms with Gasteiger partial charge < -0.3 is 89.9 Å². The molecule has 83 heavy (non-hydrogen) atoms. The van der Waals surface area contributed by atoms with Gasteiger partial charge in [0.2, 0.25) is 5.91 Å². The van der Waals surface area contributed by atoms with E-state index in [1.807, 2.05) is 6.08 Å². The molecule has 3 aliphatic heterocycles. The maximum absolute atomic E-state index is 13.2. The average molecular weight is 1190 g/mol. The minimum Gasteiger partial charge on any atom is -0.394 e. The molecular formula is C64H117NO18. The molecule has 0 radical (unpaired) electrons. The van der Waals surface area contributed by atoms with E-state index in [0.717, 1.165) is 44.9 Å². The number of rotatable bonds is 49. The van der Waals surface area contributed by atoms with E-state index in [1.54, 1.807) is 6.08 Å². The van der Waals surface area contributed by atoms with Crippen LogP contribution < -0.4 is 5.32 Å². The summed E-state index contributed by atoms with van der Waals surface area (Å²) in [6, 6.07) is -0.992. The minimum absolute atomic E-state index is 0.233. The summed E-state index contributed by atoms with van der Waals surface area (Å²) >= 11 is 0. The Balaban J connectivity index is 1.41. The zero-order valence-electron chi connectivity index (χ0n) is 50.9. The summed E-state index contributed by atoms with van der Waals surface area (Å²) < 4.78 is 34.2. The number of nitrogens with one attached hydrogen (secondary N) is 1. The van der Waals surface area contributed by atoms with Crippen molar-refractivity contribution < 1.29 is 89.4 Å². The zero-order valence-corrected chi connectivity index (χ0v) is 50.9. The SMILES string of the molecule is CCCCCCCCCCCCCCCCCCCCC/C=C/CC/C=C/CC/C=C/C(O)C(COC1OC(CO)C(OC2OC(CO)C(OC3OC(CO)C(O)C(O)C3O)C(O)C2O)C(O)C1O)NC(=O)CCCCCCCCCCC. The van der Waals surface area contributed by atoms with Gasteiger partial charge in [0, 0.05) is 6.42 Å². The molecule has 19 nitrogen and oxygen atoms in total. The molecular weight excluding hydrogens is 1070 g/mol. The maximum atomic E-state index is 13.2. The number of amides is 1. The van der Waals surface area contributed by atoms with Gasteiger partial charge in [0.25, 0.3) is 0 Å². The first-order chi connectivity index (χ1) is 40.3. The van der Waals surface area contributed by atoms with E-state index in [-0.39, 0.29) is 18.9 Å². The van der Waals surface area contributed by atoms with Gasteiger partial charge in [0.1, 0.15) is 73.2 Å². The molecule has 0 spiro atoms. The first-order valence-corrected chi connectivity index (χ1v) is 32.7. The standard InChI is InChI=1S/C64H117NO18/c1-3-5-7-9-11-13-14-15-16-17-18-19-20-21-22-23-24-25-26-27-28-29-30-31-32-34-35-37-39-41-48(69)47(65-52(70)42-40-38-36-33-12-10-8-6-4-2)46-78-62-58(76)55(73)60(50(44-67)80-62)83-64-59(77)56(74)61(51(45-68)81-64)82-63-57(75)54(72)53(71)49(43-66)79-63/h28-29,32,34,39,41,47-51,53-64,66-69,71-77H,3-27,30-31,33,35-38,40,42-46H2,1-2H3,(H,65,70)/b29-28+,34-32+,41-39+. The van der Waals surface area contributed by atoms with E-state index >= 15 is 0 Å². The Bertz CT molecular complexity index is 1660. The molecule has 3 aliphatic rings. The van der Waals surface area contributed by atoms with E-state index in [0.29, 0.717) is 12.8 Å². The van der Waals surface area contributed by atoms with Crippen LogP contribution in [0.25, 0.3) is 0 Å². The average Bonchev–Trinajstić information content (AvgIpc) is 3.32. The third-order valence-electron chi connectivity index (χ3n) is 16.4. The molecule has 1 amide bonds. The van der Waals surface area contributed by atoms with Crippen molar-refractivity contribution >= 4 is 5.91 Å². The Morgan fingerprint density at radius 2 is 0.771 bits per heavy atom. The van der Waals surface area contributed by atoms with Crippen molar-refractivity contribution in [2.24, 2.45) is 0 Å². The van der Waals surface area contributed by atoms with Gasteiger partial charge in [0.05, 0.1) is 38.6 Å². The Morgan fingerprint density at radius 3 is 1.20 bits per heavy atom. The van der Waals surface area contributed by atoms with Crippen LogP contribution >= 0.6 is 0 Å². The van der Waals surface area contributed by atoms with Crippen molar-refractivity contribution in [2.45, 2.75) is 336 Å². The second-order valence-electron chi connectivity index (χ2n) is 23.6. The van der Waals surface area contributed by atoms with Crippen molar-refractivity contribution in [1.82, 2.24) is 5.32 Å². The topological polar surface area (TPSA) is 307 Å². The molecule has 19 heteroatoms. The third-order valence-corrected chi connectivity index (χ3v) is 16.4. The van der Waals surface area contributed by atoms with Crippen LogP contribution in [0, 0.1) is 0 Å². The number of hydrogen-bond donors (Lipinski definition) is 12. The number of unbranched alkanes of at least 4 members (excludes halogenated alkanes) is 29. The summed E-state index contributed by atoms with van der Waals surface area (Å²) in [6.07, 6.45) is 26.0. The van der Waals surface area contributed by atoms with E-state index in [2.05, 4.69) is 43.5 Å². The second kappa shape index (κ2) is 47.1. The number of allylic oxidation sites excluding steroid dienone is 5. The number of hydrogen-bond acceptors (Lipinski definition) is 18. The molecule has 0 saturated carbocycles. The number of carbonyl (C=O) groups is 1. The predicted molar refractivity (Wildman–Crippen MR) is 319 cm³/mol. The van der Waals surface area contributed by atoms with Crippen LogP contribution in [0.5, 0.6) is 0 Å². The first-order valence-electron chi connectivity index (χ1n) is 32.7. The molecule has 3 heterocycles. The summed E-state index contributed by atoms with van der Waals surface area (Å²) in [5.41, 5.74) is 0. The van der Waals surface area contributed by atoms with Gasteiger partial charge in [-0.3, -0.25) is 4.79 Å². The lowest BCUT2D eigenvalue weighted by atomic mass is 9.96. The molecule has 3 rings (SSSR count). The Hall–Kier alpha value is -1.99. The quantitative estimate of drug-likeness (QED) is 0.0211. The predicted octanol–water partition coefficient (Wildman–Crippen LogP) is 7.27. The van der Waals surface area contributed by atoms with Crippen molar-refractivity contribution in [1.29, 1.82) is 0 Å². The van der Waals surface area contributed by atoms with Crippen LogP contribution in [0.2, 0.25) is 0 Å². The molecule has 0 aromatic rings. The summed E-state index contributed by atoms with van der Waals surface area (Å²) in [7, 11) is 0. The fraction of sp³-hybridized carbons (Fsp3) is 0.891. The Kier molecular flexibility index (Phi) is 42.7. The second-order valence-corrected chi connectivity index (χ2v) is 23.6. The van der Waals surface area contributed by atoms with Gasteiger partial charge in [-0.25, -0.2) is 0 Å². The largest absolute Gasteiger partial charge is 0.394 e. The molecule has 3 fully saturated rings. The highest BCUT2D eigenvalue weighted by Gasteiger charge is 2.53. The summed E-state index contributed by atoms with van der Waals surface area (Å²) in [5, 5.41) is 120. The highest BCUT2D eigenvalue weighted by molar-refractivity contribution is 5.76. The van der Waals surface area contributed by atoms with Crippen molar-refractivity contribution in [2.75, 3.05) is 26.4 Å². The van der Waals surface area contributed by atoms with Gasteiger partial charge in [-0.05, 0) is 44.9 Å². The lowest BCUT2D eigenvalue weighted by Crippen LogP contribution is -2.66. The third kappa shape index (κ3) is 30.2. The Labute approximate surface area is 498 Å². The van der Waals surface area contributed by atoms with E-state index in [9.17, 15) is 61.0 Å². The first kappa shape index (κ1) is 75.3. The van der Waals surface area contributed by atoms with Crippen LogP contribution in [0.15, 0.2) is 36.5 Å². The van der Waals surface area contributed by atoms with Crippen molar-refractivity contribution in [3.05, 3.63) is 36.5 Å². The fourth-order valence-electron chi connectivity index (χ4n) is 11.0. The van der Waals surface area contributed by atoms with Crippen LogP contribution in [0.4, 0.5) is 0 Å². The molecule has 0 aromatic heterocycles. The summed E-state index contributed by atoms with van der Waals surface area (Å²) in [6.45, 7) is 1.67. The molecule has 17 unspecified atom stereocenters. The van der Waals surface area contributed by atoms with Gasteiger partial charge in [-0.2, -0.15) is 0 Å². The van der Waals surface area contributed by atoms with E-state index < -0.39 is 124 Å². The van der Waals surface area contributed by atoms with Gasteiger partial charge >= 0.3 is 0 Å². The lowest BCUT2D eigenvalue weighted by Gasteiger charge is -2.48. The van der Waals surface area contributed by atoms with E-state index in [4.69, 9.17) is 28.4 Å². The van der Waals surface area contributed by atoms with Crippen LogP contribution in [0.3, 0.4) is 0 Å². The van der Waals surface area contributed by atoms with Crippen LogP contribution in [-0.2, 0) is 33.2 Å². The van der Waals surface area contributed by atoms with Crippen LogP contribution in [0.1, 0.15) is 232 Å². The molecule has 17 atom stereocenters. The van der Waals surface area contributed by atoms with Crippen LogP contribution in [-0.4, -0.2) is 193 Å². The van der Waals surface area contributed by atoms with Gasteiger partial charge in [0.15, 0.2) is 18.9 Å². The number of ether oxygens (including phenoxy) is 6. The smallest absolute Gasteiger partial charge is 0.220 e. The lowest BCUT2D eigenvalue weighted by molar-refractivity contribution is -0.379. The van der Waals surface area contributed by atoms with Crippen molar-refractivity contribution in [3.63, 3.8) is 0 Å². The number of aliphatic hydroxyl groups excluding tert-OH is 11. The van der Waals surface area contributed by atoms with Gasteiger partial charge in [-0.1, -0.05) is 217 Å². The Morgan fingerprint density at radius 1 is 0.422 bits per heavy atom. The highest BCUT2D eigenvalue weighted by Crippen LogP contribution is 2.33. The minimum atomic E-state index is -1.98. The monoisotopic (exact) mass is 1190 g/mol. The normalized spacial score (nSPS) is 29.6. The summed E-state index contributed by atoms with van der Waals surface area (Å²) in [4.78, 5) is 13.2. The molecule has 486 valence electrons. The zero-order chi connectivity index (χ0) is 60.5. The van der Waals surface area contributed by atoms with Crippen molar-refractivity contribution in [3.8, 4) is 0 Å². The molecule has 3 saturated heterocycles. The van der Waals surface area contributed by atoms with Gasteiger partial charge in [-0.15, -0.1) is 0 Å². The summed E-state index contributed by atoms with van der Waals surface area (Å²) in [5.74, 6) is -0.293. The number of carbonyl (C=O) groups excluding carboxylic acids is 1. The maximum Gasteiger partial charge on any atom is 0.220 e. The van der Waals surface area contributed by atoms with E-state index in [1.165, 1.54) is 154 Å². The molecule has 0 bridgehead atoms. The molecule has 0 aliphatic carbocycles. The highest BCUT2D eigenvalue weighted by atomic mass is 16.8. The number of aliphatic hydroxyl groups is 11. The molecule has 0 aromatic carbocycles. The molecule has 12 N–H and O–H groups in total. The fourth-order valence-corrected chi connectivity index (χ4v) is 11.0.